The molecule has 4 nitrogen and oxygen atoms in total. The van der Waals surface area contributed by atoms with Gasteiger partial charge in [0.25, 0.3) is 0 Å². The van der Waals surface area contributed by atoms with E-state index in [0.29, 0.717) is 0 Å². The third-order valence-corrected chi connectivity index (χ3v) is 1.76. The van der Waals surface area contributed by atoms with Crippen LogP contribution in [0.4, 0.5) is 13.6 Å². The summed E-state index contributed by atoms with van der Waals surface area (Å²) in [5.41, 5.74) is -2.07. The van der Waals surface area contributed by atoms with Crippen molar-refractivity contribution in [2.24, 2.45) is 0 Å². The van der Waals surface area contributed by atoms with Crippen LogP contribution in [0.25, 0.3) is 0 Å². The Morgan fingerprint density at radius 2 is 1.88 bits per heavy atom. The summed E-state index contributed by atoms with van der Waals surface area (Å²) in [5.74, 6) is 0. The zero-order valence-electron chi connectivity index (χ0n) is 10.0. The lowest BCUT2D eigenvalue weighted by Crippen LogP contribution is -2.51. The molecule has 96 valence electrons. The molecule has 1 unspecified atom stereocenters. The van der Waals surface area contributed by atoms with E-state index in [0.717, 1.165) is 0 Å². The van der Waals surface area contributed by atoms with E-state index in [4.69, 9.17) is 9.84 Å². The van der Waals surface area contributed by atoms with Gasteiger partial charge in [-0.2, -0.15) is 0 Å². The first-order valence-electron chi connectivity index (χ1n) is 4.98. The molecule has 0 saturated heterocycles. The normalized spacial score (nSPS) is 15.8. The van der Waals surface area contributed by atoms with Gasteiger partial charge in [0.2, 0.25) is 6.43 Å². The predicted molar refractivity (Wildman–Crippen MR) is 55.5 cm³/mol. The second-order valence-electron chi connectivity index (χ2n) is 4.94. The Morgan fingerprint density at radius 1 is 1.38 bits per heavy atom. The van der Waals surface area contributed by atoms with Crippen molar-refractivity contribution in [3.05, 3.63) is 0 Å². The summed E-state index contributed by atoms with van der Waals surface area (Å²) in [6.07, 6.45) is -4.04. The van der Waals surface area contributed by atoms with Crippen molar-refractivity contribution >= 4 is 6.09 Å². The summed E-state index contributed by atoms with van der Waals surface area (Å²) in [6, 6.07) is 0. The standard InChI is InChI=1S/C10H19F2NO3/c1-9(2,3)16-8(15)13-10(4,6-14)5-7(11)12/h7,14H,5-6H2,1-4H3,(H,13,15). The Hall–Kier alpha value is -0.910. The molecule has 16 heavy (non-hydrogen) atoms. The molecule has 0 aliphatic heterocycles. The molecule has 0 radical (unpaired) electrons. The number of carbonyl (C=O) groups is 1. The van der Waals surface area contributed by atoms with Gasteiger partial charge in [-0.1, -0.05) is 0 Å². The monoisotopic (exact) mass is 239 g/mol. The molecule has 0 aliphatic rings. The molecule has 0 saturated carbocycles. The van der Waals surface area contributed by atoms with Crippen LogP contribution < -0.4 is 5.32 Å². The zero-order chi connectivity index (χ0) is 13.0. The van der Waals surface area contributed by atoms with E-state index in [1.165, 1.54) is 6.92 Å². The molecular weight excluding hydrogens is 220 g/mol. The highest BCUT2D eigenvalue weighted by Crippen LogP contribution is 2.16. The molecule has 2 N–H and O–H groups in total. The van der Waals surface area contributed by atoms with Crippen LogP contribution in [0.15, 0.2) is 0 Å². The van der Waals surface area contributed by atoms with E-state index in [-0.39, 0.29) is 0 Å². The maximum atomic E-state index is 12.2. The summed E-state index contributed by atoms with van der Waals surface area (Å²) in [4.78, 5) is 11.3. The second-order valence-corrected chi connectivity index (χ2v) is 4.94. The number of rotatable bonds is 4. The van der Waals surface area contributed by atoms with E-state index in [1.54, 1.807) is 20.8 Å². The Kier molecular flexibility index (Phi) is 5.12. The summed E-state index contributed by atoms with van der Waals surface area (Å²) in [7, 11) is 0. The fourth-order valence-corrected chi connectivity index (χ4v) is 1.05. The van der Waals surface area contributed by atoms with E-state index >= 15 is 0 Å². The highest BCUT2D eigenvalue weighted by molar-refractivity contribution is 5.68. The van der Waals surface area contributed by atoms with Crippen LogP contribution in [0.2, 0.25) is 0 Å². The third kappa shape index (κ3) is 6.55. The lowest BCUT2D eigenvalue weighted by Gasteiger charge is -2.30. The van der Waals surface area contributed by atoms with Crippen LogP contribution >= 0.6 is 0 Å². The Labute approximate surface area is 94.0 Å². The minimum absolute atomic E-state index is 0.573. The molecule has 0 heterocycles. The number of amides is 1. The van der Waals surface area contributed by atoms with Crippen molar-refractivity contribution in [3.8, 4) is 0 Å². The number of hydrogen-bond acceptors (Lipinski definition) is 3. The molecule has 0 aromatic heterocycles. The maximum Gasteiger partial charge on any atom is 0.408 e. The van der Waals surface area contributed by atoms with Crippen molar-refractivity contribution in [3.63, 3.8) is 0 Å². The number of aliphatic hydroxyl groups excluding tert-OH is 1. The minimum Gasteiger partial charge on any atom is -0.444 e. The van der Waals surface area contributed by atoms with E-state index < -0.39 is 36.7 Å². The summed E-state index contributed by atoms with van der Waals surface area (Å²) in [6.45, 7) is 5.75. The molecule has 0 aliphatic carbocycles. The molecule has 0 aromatic carbocycles. The smallest absolute Gasteiger partial charge is 0.408 e. The Bertz CT molecular complexity index is 241. The minimum atomic E-state index is -2.60. The summed E-state index contributed by atoms with van der Waals surface area (Å²) < 4.78 is 29.3. The van der Waals surface area contributed by atoms with Crippen molar-refractivity contribution in [1.82, 2.24) is 5.32 Å². The molecule has 0 aromatic rings. The Balaban J connectivity index is 4.37. The number of ether oxygens (including phenoxy) is 1. The lowest BCUT2D eigenvalue weighted by molar-refractivity contribution is 0.0290. The van der Waals surface area contributed by atoms with Crippen molar-refractivity contribution in [2.45, 2.75) is 51.7 Å². The lowest BCUT2D eigenvalue weighted by atomic mass is 10.00. The number of nitrogens with one attached hydrogen (secondary N) is 1. The van der Waals surface area contributed by atoms with Crippen LogP contribution in [0.5, 0.6) is 0 Å². The molecule has 1 atom stereocenters. The highest BCUT2D eigenvalue weighted by atomic mass is 19.3. The fraction of sp³-hybridized carbons (Fsp3) is 0.900. The van der Waals surface area contributed by atoms with Gasteiger partial charge in [0, 0.05) is 6.42 Å². The van der Waals surface area contributed by atoms with Crippen molar-refractivity contribution < 1.29 is 23.4 Å². The molecule has 0 spiro atoms. The van der Waals surface area contributed by atoms with Crippen LogP contribution in [0, 0.1) is 0 Å². The number of hydrogen-bond donors (Lipinski definition) is 2. The topological polar surface area (TPSA) is 58.6 Å². The summed E-state index contributed by atoms with van der Waals surface area (Å²) in [5, 5.41) is 11.2. The number of aliphatic hydroxyl groups is 1. The predicted octanol–water partition coefficient (Wildman–Crippen LogP) is 1.92. The van der Waals surface area contributed by atoms with Crippen molar-refractivity contribution in [1.29, 1.82) is 0 Å². The van der Waals surface area contributed by atoms with Crippen LogP contribution in [-0.4, -0.2) is 35.4 Å². The summed E-state index contributed by atoms with van der Waals surface area (Å²) >= 11 is 0. The average Bonchev–Trinajstić information content (AvgIpc) is 1.98. The molecular formula is C10H19F2NO3. The van der Waals surface area contributed by atoms with Gasteiger partial charge in [-0.3, -0.25) is 0 Å². The van der Waals surface area contributed by atoms with Gasteiger partial charge >= 0.3 is 6.09 Å². The Morgan fingerprint density at radius 3 is 2.19 bits per heavy atom. The first-order valence-corrected chi connectivity index (χ1v) is 4.98. The number of alkyl carbamates (subject to hydrolysis) is 1. The fourth-order valence-electron chi connectivity index (χ4n) is 1.05. The van der Waals surface area contributed by atoms with Gasteiger partial charge in [-0.05, 0) is 27.7 Å². The highest BCUT2D eigenvalue weighted by Gasteiger charge is 2.31. The quantitative estimate of drug-likeness (QED) is 0.788. The largest absolute Gasteiger partial charge is 0.444 e. The van der Waals surface area contributed by atoms with Crippen LogP contribution in [-0.2, 0) is 4.74 Å². The maximum absolute atomic E-state index is 12.2. The van der Waals surface area contributed by atoms with Gasteiger partial charge in [0.05, 0.1) is 12.1 Å². The first-order chi connectivity index (χ1) is 7.08. The van der Waals surface area contributed by atoms with E-state index in [1.807, 2.05) is 0 Å². The average molecular weight is 239 g/mol. The van der Waals surface area contributed by atoms with Gasteiger partial charge in [0.1, 0.15) is 5.60 Å². The molecule has 0 fully saturated rings. The number of carbonyl (C=O) groups excluding carboxylic acids is 1. The molecule has 0 bridgehead atoms. The van der Waals surface area contributed by atoms with E-state index in [2.05, 4.69) is 5.32 Å². The van der Waals surface area contributed by atoms with Gasteiger partial charge < -0.3 is 15.2 Å². The second kappa shape index (κ2) is 5.43. The molecule has 1 amide bonds. The zero-order valence-corrected chi connectivity index (χ0v) is 10.0. The number of halogens is 2. The molecule has 6 heteroatoms. The molecule has 0 rings (SSSR count). The van der Waals surface area contributed by atoms with Crippen LogP contribution in [0.3, 0.4) is 0 Å². The van der Waals surface area contributed by atoms with Gasteiger partial charge in [-0.15, -0.1) is 0 Å². The van der Waals surface area contributed by atoms with Crippen LogP contribution in [0.1, 0.15) is 34.1 Å². The third-order valence-electron chi connectivity index (χ3n) is 1.76. The van der Waals surface area contributed by atoms with Gasteiger partial charge in [0.15, 0.2) is 0 Å². The van der Waals surface area contributed by atoms with Crippen molar-refractivity contribution in [2.75, 3.05) is 6.61 Å². The van der Waals surface area contributed by atoms with E-state index in [9.17, 15) is 13.6 Å². The van der Waals surface area contributed by atoms with Gasteiger partial charge in [-0.25, -0.2) is 13.6 Å². The number of alkyl halides is 2. The first kappa shape index (κ1) is 15.1. The SMILES string of the molecule is CC(CO)(CC(F)F)NC(=O)OC(C)(C)C.